The maximum atomic E-state index is 9.04. The molecule has 0 atom stereocenters. The molecule has 0 aromatic heterocycles. The van der Waals surface area contributed by atoms with E-state index in [1.165, 1.54) is 11.1 Å². The van der Waals surface area contributed by atoms with Crippen molar-refractivity contribution in [3.05, 3.63) is 65.2 Å². The Morgan fingerprint density at radius 3 is 2.56 bits per heavy atom. The Labute approximate surface area is 108 Å². The summed E-state index contributed by atoms with van der Waals surface area (Å²) in [5.74, 6) is 0.814. The van der Waals surface area contributed by atoms with Crippen molar-refractivity contribution >= 4 is 0 Å². The molecule has 2 aromatic rings. The standard InChI is InChI=1S/C16H18O2/c1-13-4-2-5-14(10-13)8-9-18-16-7-3-6-15(11-16)12-17/h2-7,10-11,17H,8-9,12H2,1H3. The first-order valence-electron chi connectivity index (χ1n) is 6.16. The minimum Gasteiger partial charge on any atom is -0.493 e. The van der Waals surface area contributed by atoms with E-state index >= 15 is 0 Å². The van der Waals surface area contributed by atoms with Gasteiger partial charge in [0.05, 0.1) is 13.2 Å². The van der Waals surface area contributed by atoms with Gasteiger partial charge < -0.3 is 9.84 Å². The van der Waals surface area contributed by atoms with Gasteiger partial charge in [0.1, 0.15) is 5.75 Å². The summed E-state index contributed by atoms with van der Waals surface area (Å²) in [6, 6.07) is 16.0. The minimum absolute atomic E-state index is 0.0507. The van der Waals surface area contributed by atoms with Gasteiger partial charge in [-0.1, -0.05) is 42.0 Å². The molecule has 2 aromatic carbocycles. The molecule has 0 radical (unpaired) electrons. The van der Waals surface area contributed by atoms with Crippen molar-refractivity contribution in [1.29, 1.82) is 0 Å². The highest BCUT2D eigenvalue weighted by molar-refractivity contribution is 5.28. The van der Waals surface area contributed by atoms with Gasteiger partial charge in [0, 0.05) is 6.42 Å². The maximum absolute atomic E-state index is 9.04. The van der Waals surface area contributed by atoms with E-state index in [0.29, 0.717) is 6.61 Å². The molecule has 0 saturated heterocycles. The number of aliphatic hydroxyl groups excluding tert-OH is 1. The van der Waals surface area contributed by atoms with E-state index in [1.807, 2.05) is 24.3 Å². The van der Waals surface area contributed by atoms with Crippen LogP contribution in [-0.2, 0) is 13.0 Å². The molecule has 0 heterocycles. The van der Waals surface area contributed by atoms with E-state index in [4.69, 9.17) is 9.84 Å². The SMILES string of the molecule is Cc1cccc(CCOc2cccc(CO)c2)c1. The summed E-state index contributed by atoms with van der Waals surface area (Å²) < 4.78 is 5.68. The summed E-state index contributed by atoms with van der Waals surface area (Å²) in [6.45, 7) is 2.79. The van der Waals surface area contributed by atoms with Crippen LogP contribution in [0.2, 0.25) is 0 Å². The van der Waals surface area contributed by atoms with Crippen LogP contribution in [0, 0.1) is 6.92 Å². The summed E-state index contributed by atoms with van der Waals surface area (Å²) in [4.78, 5) is 0. The van der Waals surface area contributed by atoms with E-state index in [0.717, 1.165) is 17.7 Å². The summed E-state index contributed by atoms with van der Waals surface area (Å²) in [5, 5.41) is 9.04. The molecule has 1 N–H and O–H groups in total. The second-order valence-electron chi connectivity index (χ2n) is 4.39. The lowest BCUT2D eigenvalue weighted by molar-refractivity contribution is 0.279. The van der Waals surface area contributed by atoms with Crippen LogP contribution in [0.4, 0.5) is 0 Å². The van der Waals surface area contributed by atoms with Gasteiger partial charge in [-0.05, 0) is 30.2 Å². The van der Waals surface area contributed by atoms with Crippen molar-refractivity contribution in [2.24, 2.45) is 0 Å². The van der Waals surface area contributed by atoms with Crippen LogP contribution in [0.5, 0.6) is 5.75 Å². The van der Waals surface area contributed by atoms with Crippen molar-refractivity contribution < 1.29 is 9.84 Å². The number of aliphatic hydroxyl groups is 1. The number of rotatable bonds is 5. The lowest BCUT2D eigenvalue weighted by Crippen LogP contribution is -2.01. The fourth-order valence-electron chi connectivity index (χ4n) is 1.89. The number of hydrogen-bond acceptors (Lipinski definition) is 2. The van der Waals surface area contributed by atoms with Crippen LogP contribution in [0.1, 0.15) is 16.7 Å². The van der Waals surface area contributed by atoms with Crippen molar-refractivity contribution in [2.45, 2.75) is 20.0 Å². The zero-order valence-corrected chi connectivity index (χ0v) is 10.6. The molecule has 0 fully saturated rings. The number of benzene rings is 2. The second kappa shape index (κ2) is 6.22. The largest absolute Gasteiger partial charge is 0.493 e. The molecule has 0 saturated carbocycles. The lowest BCUT2D eigenvalue weighted by Gasteiger charge is -2.07. The van der Waals surface area contributed by atoms with E-state index in [2.05, 4.69) is 31.2 Å². The summed E-state index contributed by atoms with van der Waals surface area (Å²) in [7, 11) is 0. The molecule has 0 aliphatic carbocycles. The van der Waals surface area contributed by atoms with Crippen LogP contribution in [-0.4, -0.2) is 11.7 Å². The van der Waals surface area contributed by atoms with Crippen LogP contribution in [0.25, 0.3) is 0 Å². The Hall–Kier alpha value is -1.80. The Kier molecular flexibility index (Phi) is 4.37. The fourth-order valence-corrected chi connectivity index (χ4v) is 1.89. The Morgan fingerprint density at radius 1 is 1.00 bits per heavy atom. The first-order chi connectivity index (χ1) is 8.78. The van der Waals surface area contributed by atoms with Crippen LogP contribution >= 0.6 is 0 Å². The summed E-state index contributed by atoms with van der Waals surface area (Å²) >= 11 is 0. The van der Waals surface area contributed by atoms with Gasteiger partial charge >= 0.3 is 0 Å². The van der Waals surface area contributed by atoms with Gasteiger partial charge in [0.15, 0.2) is 0 Å². The molecule has 2 nitrogen and oxygen atoms in total. The van der Waals surface area contributed by atoms with Crippen LogP contribution < -0.4 is 4.74 Å². The Morgan fingerprint density at radius 2 is 1.78 bits per heavy atom. The van der Waals surface area contributed by atoms with Crippen molar-refractivity contribution in [3.8, 4) is 5.75 Å². The number of aryl methyl sites for hydroxylation is 1. The highest BCUT2D eigenvalue weighted by atomic mass is 16.5. The maximum Gasteiger partial charge on any atom is 0.119 e. The van der Waals surface area contributed by atoms with Gasteiger partial charge in [-0.3, -0.25) is 0 Å². The van der Waals surface area contributed by atoms with Crippen molar-refractivity contribution in [1.82, 2.24) is 0 Å². The molecule has 0 unspecified atom stereocenters. The minimum atomic E-state index is 0.0507. The average Bonchev–Trinajstić information content (AvgIpc) is 2.39. The van der Waals surface area contributed by atoms with Gasteiger partial charge in [0.25, 0.3) is 0 Å². The van der Waals surface area contributed by atoms with E-state index < -0.39 is 0 Å². The van der Waals surface area contributed by atoms with Crippen molar-refractivity contribution in [2.75, 3.05) is 6.61 Å². The molecule has 18 heavy (non-hydrogen) atoms. The fraction of sp³-hybridized carbons (Fsp3) is 0.250. The molecule has 0 aliphatic heterocycles. The van der Waals surface area contributed by atoms with Gasteiger partial charge in [-0.15, -0.1) is 0 Å². The number of ether oxygens (including phenoxy) is 1. The molecule has 0 aliphatic rings. The van der Waals surface area contributed by atoms with Gasteiger partial charge in [0.2, 0.25) is 0 Å². The molecular formula is C16H18O2. The van der Waals surface area contributed by atoms with E-state index in [1.54, 1.807) is 0 Å². The molecule has 0 spiro atoms. The number of hydrogen-bond donors (Lipinski definition) is 1. The molecule has 0 amide bonds. The van der Waals surface area contributed by atoms with Crippen LogP contribution in [0.3, 0.4) is 0 Å². The molecule has 0 bridgehead atoms. The predicted molar refractivity (Wildman–Crippen MR) is 72.7 cm³/mol. The van der Waals surface area contributed by atoms with Gasteiger partial charge in [-0.2, -0.15) is 0 Å². The lowest BCUT2D eigenvalue weighted by atomic mass is 10.1. The quantitative estimate of drug-likeness (QED) is 0.873. The normalized spacial score (nSPS) is 10.3. The van der Waals surface area contributed by atoms with E-state index in [-0.39, 0.29) is 6.61 Å². The Bertz CT molecular complexity index is 506. The smallest absolute Gasteiger partial charge is 0.119 e. The molecule has 2 heteroatoms. The second-order valence-corrected chi connectivity index (χ2v) is 4.39. The third kappa shape index (κ3) is 3.60. The average molecular weight is 242 g/mol. The monoisotopic (exact) mass is 242 g/mol. The van der Waals surface area contributed by atoms with E-state index in [9.17, 15) is 0 Å². The molecule has 2 rings (SSSR count). The zero-order valence-electron chi connectivity index (χ0n) is 10.6. The molecular weight excluding hydrogens is 224 g/mol. The van der Waals surface area contributed by atoms with Crippen LogP contribution in [0.15, 0.2) is 48.5 Å². The third-order valence-electron chi connectivity index (χ3n) is 2.82. The highest BCUT2D eigenvalue weighted by Crippen LogP contribution is 2.14. The first-order valence-corrected chi connectivity index (χ1v) is 6.16. The summed E-state index contributed by atoms with van der Waals surface area (Å²) in [5.41, 5.74) is 3.44. The predicted octanol–water partition coefficient (Wildman–Crippen LogP) is 3.11. The zero-order chi connectivity index (χ0) is 12.8. The Balaban J connectivity index is 1.88. The third-order valence-corrected chi connectivity index (χ3v) is 2.82. The highest BCUT2D eigenvalue weighted by Gasteiger charge is 1.97. The summed E-state index contributed by atoms with van der Waals surface area (Å²) in [6.07, 6.45) is 0.894. The van der Waals surface area contributed by atoms with Crippen molar-refractivity contribution in [3.63, 3.8) is 0 Å². The van der Waals surface area contributed by atoms with Gasteiger partial charge in [-0.25, -0.2) is 0 Å². The topological polar surface area (TPSA) is 29.5 Å². The molecule has 94 valence electrons. The first kappa shape index (κ1) is 12.7.